The zero-order chi connectivity index (χ0) is 68.9. The molecule has 3 aliphatic rings. The first-order chi connectivity index (χ1) is 46.3. The molecule has 19 nitrogen and oxygen atoms in total. The standard InChI is InChI=1S/C76H131NO18/c1-3-5-7-9-11-13-15-17-19-20-21-22-23-24-25-26-27-28-29-30-31-32-33-34-35-36-37-38-40-42-44-46-48-50-52-54-64(82)77-59(60(81)53-51-49-47-45-43-41-39-18-16-14-12-10-8-6-4-2)58-90-74-70(88)67(85)72(62(56-79)92-74)95-76-71(89)68(86)73(63(57-80)93-76)94-75-69(87)66(84)65(83)61(55-78)91-75/h5,7,11,13,17,19,21-22,24-25,27-28,43,45,51,53,59-63,65-76,78-81,83-89H,3-4,6,8-10,12,14-16,18,20,23,26,29-42,44,46-50,52,54-58H2,1-2H3,(H,77,82)/b7-5-,13-11-,19-17-,22-21-,25-24-,28-27-,45-43+,53-51+. The molecule has 95 heavy (non-hydrogen) atoms. The van der Waals surface area contributed by atoms with Crippen molar-refractivity contribution in [2.45, 2.75) is 349 Å². The van der Waals surface area contributed by atoms with Gasteiger partial charge in [-0.1, -0.05) is 252 Å². The number of rotatable bonds is 56. The number of unbranched alkanes of at least 4 members (excludes halogenated alkanes) is 26. The summed E-state index contributed by atoms with van der Waals surface area (Å²) in [6.07, 6.45) is 48.3. The molecule has 0 aliphatic carbocycles. The average Bonchev–Trinajstić information content (AvgIpc) is 0.799. The van der Waals surface area contributed by atoms with Gasteiger partial charge in [0.05, 0.1) is 38.6 Å². The minimum Gasteiger partial charge on any atom is -0.394 e. The molecule has 3 aliphatic heterocycles. The van der Waals surface area contributed by atoms with Gasteiger partial charge in [0.2, 0.25) is 5.91 Å². The quantitative estimate of drug-likeness (QED) is 0.0199. The molecular weight excluding hydrogens is 1210 g/mol. The number of hydrogen-bond acceptors (Lipinski definition) is 18. The van der Waals surface area contributed by atoms with Gasteiger partial charge in [-0.25, -0.2) is 0 Å². The van der Waals surface area contributed by atoms with Gasteiger partial charge in [-0.15, -0.1) is 0 Å². The van der Waals surface area contributed by atoms with Crippen LogP contribution in [0, 0.1) is 0 Å². The Labute approximate surface area is 571 Å². The van der Waals surface area contributed by atoms with E-state index in [2.05, 4.69) is 104 Å². The molecule has 0 aromatic rings. The monoisotopic (exact) mass is 1350 g/mol. The summed E-state index contributed by atoms with van der Waals surface area (Å²) in [5.41, 5.74) is 0. The fraction of sp³-hybridized carbons (Fsp3) is 0.776. The Bertz CT molecular complexity index is 2100. The van der Waals surface area contributed by atoms with Gasteiger partial charge in [-0.2, -0.15) is 0 Å². The highest BCUT2D eigenvalue weighted by Gasteiger charge is 2.53. The molecule has 3 rings (SSSR count). The molecule has 19 heteroatoms. The van der Waals surface area contributed by atoms with E-state index in [1.165, 1.54) is 135 Å². The lowest BCUT2D eigenvalue weighted by Crippen LogP contribution is -2.66. The Kier molecular flexibility index (Phi) is 51.1. The second-order valence-electron chi connectivity index (χ2n) is 26.0. The van der Waals surface area contributed by atoms with E-state index < -0.39 is 124 Å². The number of aliphatic hydroxyl groups is 11. The third kappa shape index (κ3) is 37.6. The normalized spacial score (nSPS) is 27.8. The highest BCUT2D eigenvalue weighted by atomic mass is 16.8. The summed E-state index contributed by atoms with van der Waals surface area (Å²) in [6, 6.07) is -0.994. The number of nitrogens with one attached hydrogen (secondary N) is 1. The van der Waals surface area contributed by atoms with Crippen molar-refractivity contribution < 1.29 is 89.4 Å². The highest BCUT2D eigenvalue weighted by molar-refractivity contribution is 5.76. The Hall–Kier alpha value is -3.29. The first-order valence-corrected chi connectivity index (χ1v) is 37.0. The molecule has 3 heterocycles. The van der Waals surface area contributed by atoms with Crippen LogP contribution in [0.1, 0.15) is 245 Å². The minimum atomic E-state index is -1.98. The van der Waals surface area contributed by atoms with E-state index in [1.807, 2.05) is 6.08 Å². The summed E-state index contributed by atoms with van der Waals surface area (Å²) in [6.45, 7) is 1.59. The van der Waals surface area contributed by atoms with E-state index in [0.717, 1.165) is 77.0 Å². The van der Waals surface area contributed by atoms with E-state index in [0.29, 0.717) is 12.8 Å². The van der Waals surface area contributed by atoms with Gasteiger partial charge in [0, 0.05) is 6.42 Å². The van der Waals surface area contributed by atoms with Crippen LogP contribution < -0.4 is 5.32 Å². The number of ether oxygens (including phenoxy) is 6. The molecule has 0 radical (unpaired) electrons. The van der Waals surface area contributed by atoms with Gasteiger partial charge < -0.3 is 89.9 Å². The fourth-order valence-corrected chi connectivity index (χ4v) is 11.9. The first kappa shape index (κ1) is 85.9. The van der Waals surface area contributed by atoms with Gasteiger partial charge in [0.25, 0.3) is 0 Å². The van der Waals surface area contributed by atoms with E-state index in [9.17, 15) is 61.0 Å². The molecule has 0 spiro atoms. The molecule has 0 saturated carbocycles. The lowest BCUT2D eigenvalue weighted by Gasteiger charge is -2.48. The molecule has 3 saturated heterocycles. The largest absolute Gasteiger partial charge is 0.394 e. The lowest BCUT2D eigenvalue weighted by molar-refractivity contribution is -0.379. The van der Waals surface area contributed by atoms with Crippen LogP contribution in [0.15, 0.2) is 97.2 Å². The summed E-state index contributed by atoms with van der Waals surface area (Å²) in [5, 5.41) is 121. The third-order valence-electron chi connectivity index (χ3n) is 17.9. The van der Waals surface area contributed by atoms with Gasteiger partial charge in [-0.05, 0) is 83.5 Å². The minimum absolute atomic E-state index is 0.232. The second kappa shape index (κ2) is 56.5. The number of aliphatic hydroxyl groups excluding tert-OH is 11. The number of carbonyl (C=O) groups excluding carboxylic acids is 1. The maximum Gasteiger partial charge on any atom is 0.220 e. The number of carbonyl (C=O) groups is 1. The molecule has 0 aromatic carbocycles. The van der Waals surface area contributed by atoms with E-state index in [4.69, 9.17) is 28.4 Å². The number of amides is 1. The van der Waals surface area contributed by atoms with Crippen LogP contribution in [0.25, 0.3) is 0 Å². The van der Waals surface area contributed by atoms with Crippen LogP contribution in [0.3, 0.4) is 0 Å². The van der Waals surface area contributed by atoms with Crippen molar-refractivity contribution in [1.82, 2.24) is 5.32 Å². The van der Waals surface area contributed by atoms with Crippen LogP contribution in [-0.2, 0) is 33.2 Å². The first-order valence-electron chi connectivity index (χ1n) is 37.0. The van der Waals surface area contributed by atoms with Crippen LogP contribution >= 0.6 is 0 Å². The number of hydrogen-bond donors (Lipinski definition) is 12. The maximum atomic E-state index is 13.4. The molecule has 17 unspecified atom stereocenters. The van der Waals surface area contributed by atoms with Crippen molar-refractivity contribution in [1.29, 1.82) is 0 Å². The van der Waals surface area contributed by atoms with Crippen LogP contribution in [-0.4, -0.2) is 193 Å². The lowest BCUT2D eigenvalue weighted by atomic mass is 9.96. The summed E-state index contributed by atoms with van der Waals surface area (Å²) in [7, 11) is 0. The van der Waals surface area contributed by atoms with E-state index in [1.54, 1.807) is 6.08 Å². The molecule has 548 valence electrons. The third-order valence-corrected chi connectivity index (χ3v) is 17.9. The fourth-order valence-electron chi connectivity index (χ4n) is 11.9. The Morgan fingerprint density at radius 3 is 1.18 bits per heavy atom. The SMILES string of the molecule is CC/C=C\C/C=C\C/C=C\C/C=C\C/C=C\C/C=C\CCCCCCCCCCCCCCCCCCC(=O)NC(COC1OC(CO)C(OC2OC(CO)C(OC3OC(CO)C(O)C(O)C3O)C(O)C2O)C(O)C1O)C(O)/C=C/CC/C=C/CCCCCCCCCCC. The Balaban J connectivity index is 1.36. The van der Waals surface area contributed by atoms with Gasteiger partial charge in [-0.3, -0.25) is 4.79 Å². The summed E-state index contributed by atoms with van der Waals surface area (Å²) in [4.78, 5) is 13.4. The van der Waals surface area contributed by atoms with Crippen LogP contribution in [0.5, 0.6) is 0 Å². The molecule has 17 atom stereocenters. The molecule has 0 aromatic heterocycles. The summed E-state index contributed by atoms with van der Waals surface area (Å²) >= 11 is 0. The van der Waals surface area contributed by atoms with Gasteiger partial charge in [0.15, 0.2) is 18.9 Å². The topological polar surface area (TPSA) is 307 Å². The predicted molar refractivity (Wildman–Crippen MR) is 374 cm³/mol. The Morgan fingerprint density at radius 1 is 0.389 bits per heavy atom. The molecule has 1 amide bonds. The van der Waals surface area contributed by atoms with E-state index in [-0.39, 0.29) is 18.9 Å². The Morgan fingerprint density at radius 2 is 0.737 bits per heavy atom. The van der Waals surface area contributed by atoms with Crippen molar-refractivity contribution >= 4 is 5.91 Å². The smallest absolute Gasteiger partial charge is 0.220 e. The van der Waals surface area contributed by atoms with Crippen molar-refractivity contribution in [3.8, 4) is 0 Å². The average molecular weight is 1350 g/mol. The van der Waals surface area contributed by atoms with Crippen molar-refractivity contribution in [3.63, 3.8) is 0 Å². The second-order valence-corrected chi connectivity index (χ2v) is 26.0. The van der Waals surface area contributed by atoms with E-state index >= 15 is 0 Å². The zero-order valence-electron chi connectivity index (χ0n) is 58.1. The zero-order valence-corrected chi connectivity index (χ0v) is 58.1. The van der Waals surface area contributed by atoms with Crippen molar-refractivity contribution in [2.75, 3.05) is 26.4 Å². The highest BCUT2D eigenvalue weighted by Crippen LogP contribution is 2.33. The molecule has 3 fully saturated rings. The van der Waals surface area contributed by atoms with Crippen molar-refractivity contribution in [2.24, 2.45) is 0 Å². The summed E-state index contributed by atoms with van der Waals surface area (Å²) < 4.78 is 34.3. The van der Waals surface area contributed by atoms with Crippen LogP contribution in [0.2, 0.25) is 0 Å². The van der Waals surface area contributed by atoms with Gasteiger partial charge in [0.1, 0.15) is 73.2 Å². The van der Waals surface area contributed by atoms with Crippen LogP contribution in [0.4, 0.5) is 0 Å². The number of allylic oxidation sites excluding steroid dienone is 15. The molecular formula is C76H131NO18. The van der Waals surface area contributed by atoms with Gasteiger partial charge >= 0.3 is 0 Å². The molecule has 0 bridgehead atoms. The molecule has 12 N–H and O–H groups in total. The summed E-state index contributed by atoms with van der Waals surface area (Å²) in [5.74, 6) is -0.288. The van der Waals surface area contributed by atoms with Crippen molar-refractivity contribution in [3.05, 3.63) is 97.2 Å². The predicted octanol–water partition coefficient (Wildman–Crippen LogP) is 10.8. The maximum absolute atomic E-state index is 13.4.